The van der Waals surface area contributed by atoms with Crippen molar-refractivity contribution in [2.75, 3.05) is 32.7 Å². The zero-order valence-corrected chi connectivity index (χ0v) is 20.3. The van der Waals surface area contributed by atoms with Gasteiger partial charge in [0.2, 0.25) is 15.9 Å². The first-order valence-electron chi connectivity index (χ1n) is 11.9. The summed E-state index contributed by atoms with van der Waals surface area (Å²) in [6.07, 6.45) is 6.13. The number of fused-ring (bicyclic) bond motifs is 1. The predicted octanol–water partition coefficient (Wildman–Crippen LogP) is 1.91. The average Bonchev–Trinajstić information content (AvgIpc) is 3.12. The van der Waals surface area contributed by atoms with Crippen LogP contribution >= 0.6 is 0 Å². The molecule has 2 atom stereocenters. The lowest BCUT2D eigenvalue weighted by Crippen LogP contribution is -2.47. The average molecular weight is 479 g/mol. The van der Waals surface area contributed by atoms with Gasteiger partial charge in [0.1, 0.15) is 0 Å². The first-order chi connectivity index (χ1) is 15.8. The number of carbonyl (C=O) groups excluding carboxylic acids is 1. The van der Waals surface area contributed by atoms with E-state index in [1.165, 1.54) is 40.3 Å². The zero-order chi connectivity index (χ0) is 23.6. The number of benzene rings is 1. The maximum atomic E-state index is 13.2. The molecule has 4 rings (SSSR count). The Hall–Kier alpha value is -2.17. The number of likely N-dealkylation sites (tertiary alicyclic amines) is 1. The second kappa shape index (κ2) is 9.99. The fourth-order valence-corrected chi connectivity index (χ4v) is 6.62. The summed E-state index contributed by atoms with van der Waals surface area (Å²) in [5.41, 5.74) is 0.770. The largest absolute Gasteiger partial charge is 0.419 e. The number of aryl methyl sites for hydroxylation is 1. The molecule has 0 unspecified atom stereocenters. The SMILES string of the molecule is CC[C@H]1CCCCN1CCNC(=O)[C@@H]1CCCN(S(=O)(=O)c2ccc3c(c2)oc(=O)n3C)C1. The molecule has 0 radical (unpaired) electrons. The van der Waals surface area contributed by atoms with Crippen molar-refractivity contribution in [1.29, 1.82) is 0 Å². The molecule has 0 bridgehead atoms. The highest BCUT2D eigenvalue weighted by Crippen LogP contribution is 2.26. The van der Waals surface area contributed by atoms with Crippen molar-refractivity contribution in [3.05, 3.63) is 28.7 Å². The summed E-state index contributed by atoms with van der Waals surface area (Å²) in [5.74, 6) is -0.983. The highest BCUT2D eigenvalue weighted by atomic mass is 32.2. The monoisotopic (exact) mass is 478 g/mol. The predicted molar refractivity (Wildman–Crippen MR) is 125 cm³/mol. The maximum absolute atomic E-state index is 13.2. The van der Waals surface area contributed by atoms with Crippen LogP contribution in [0.2, 0.25) is 0 Å². The van der Waals surface area contributed by atoms with E-state index in [1.54, 1.807) is 13.1 Å². The Kier molecular flexibility index (Phi) is 7.25. The number of aromatic nitrogens is 1. The summed E-state index contributed by atoms with van der Waals surface area (Å²) in [5, 5.41) is 3.03. The van der Waals surface area contributed by atoms with Crippen LogP contribution in [0, 0.1) is 5.92 Å². The number of nitrogens with one attached hydrogen (secondary N) is 1. The lowest BCUT2D eigenvalue weighted by atomic mass is 9.98. The van der Waals surface area contributed by atoms with Gasteiger partial charge < -0.3 is 9.73 Å². The number of hydrogen-bond acceptors (Lipinski definition) is 6. The van der Waals surface area contributed by atoms with Crippen LogP contribution < -0.4 is 11.1 Å². The molecular weight excluding hydrogens is 444 g/mol. The Bertz CT molecular complexity index is 1160. The lowest BCUT2D eigenvalue weighted by Gasteiger charge is -2.35. The van der Waals surface area contributed by atoms with Crippen LogP contribution in [-0.4, -0.2) is 66.9 Å². The van der Waals surface area contributed by atoms with Crippen LogP contribution in [-0.2, 0) is 21.9 Å². The van der Waals surface area contributed by atoms with Crippen LogP contribution in [0.3, 0.4) is 0 Å². The second-order valence-corrected chi connectivity index (χ2v) is 11.1. The van der Waals surface area contributed by atoms with Gasteiger partial charge in [0.15, 0.2) is 5.58 Å². The normalized spacial score (nSPS) is 23.1. The summed E-state index contributed by atoms with van der Waals surface area (Å²) in [7, 11) is -2.22. The third-order valence-corrected chi connectivity index (χ3v) is 8.94. The number of sulfonamides is 1. The molecule has 33 heavy (non-hydrogen) atoms. The van der Waals surface area contributed by atoms with Crippen molar-refractivity contribution in [3.8, 4) is 0 Å². The number of piperidine rings is 2. The highest BCUT2D eigenvalue weighted by Gasteiger charge is 2.33. The standard InChI is InChI=1S/C23H34N4O5S/c1-3-18-8-4-5-12-26(18)14-11-24-22(28)17-7-6-13-27(16-17)33(30,31)19-9-10-20-21(15-19)32-23(29)25(20)2/h9-10,15,17-18H,3-8,11-14,16H2,1-2H3,(H,24,28)/t17-,18+/m1/s1. The van der Waals surface area contributed by atoms with E-state index < -0.39 is 15.8 Å². The summed E-state index contributed by atoms with van der Waals surface area (Å²) in [6, 6.07) is 5.04. The van der Waals surface area contributed by atoms with Crippen molar-refractivity contribution >= 4 is 27.0 Å². The first-order valence-corrected chi connectivity index (χ1v) is 13.4. The molecule has 0 saturated carbocycles. The minimum absolute atomic E-state index is 0.0705. The van der Waals surface area contributed by atoms with Crippen molar-refractivity contribution < 1.29 is 17.6 Å². The lowest BCUT2D eigenvalue weighted by molar-refractivity contribution is -0.126. The summed E-state index contributed by atoms with van der Waals surface area (Å²) in [4.78, 5) is 27.1. The molecule has 182 valence electrons. The van der Waals surface area contributed by atoms with Crippen molar-refractivity contribution in [2.45, 2.75) is 56.4 Å². The van der Waals surface area contributed by atoms with Crippen molar-refractivity contribution in [1.82, 2.24) is 19.1 Å². The highest BCUT2D eigenvalue weighted by molar-refractivity contribution is 7.89. The summed E-state index contributed by atoms with van der Waals surface area (Å²) >= 11 is 0. The molecule has 1 N–H and O–H groups in total. The van der Waals surface area contributed by atoms with Gasteiger partial charge in [-0.15, -0.1) is 0 Å². The molecule has 2 saturated heterocycles. The molecule has 1 aromatic heterocycles. The number of rotatable bonds is 7. The minimum atomic E-state index is -3.80. The molecule has 1 amide bonds. The van der Waals surface area contributed by atoms with E-state index in [-0.39, 0.29) is 28.8 Å². The van der Waals surface area contributed by atoms with Crippen LogP contribution in [0.1, 0.15) is 45.4 Å². The van der Waals surface area contributed by atoms with E-state index in [1.807, 2.05) is 0 Å². The fraction of sp³-hybridized carbons (Fsp3) is 0.652. The van der Waals surface area contributed by atoms with E-state index in [0.29, 0.717) is 37.5 Å². The van der Waals surface area contributed by atoms with Gasteiger partial charge in [-0.3, -0.25) is 14.3 Å². The zero-order valence-electron chi connectivity index (χ0n) is 19.5. The molecule has 1 aromatic carbocycles. The van der Waals surface area contributed by atoms with Gasteiger partial charge in [-0.25, -0.2) is 13.2 Å². The molecule has 0 aliphatic carbocycles. The van der Waals surface area contributed by atoms with Crippen molar-refractivity contribution in [2.24, 2.45) is 13.0 Å². The van der Waals surface area contributed by atoms with Crippen LogP contribution in [0.4, 0.5) is 0 Å². The molecule has 2 fully saturated rings. The van der Waals surface area contributed by atoms with E-state index >= 15 is 0 Å². The number of carbonyl (C=O) groups is 1. The third kappa shape index (κ3) is 5.02. The van der Waals surface area contributed by atoms with Gasteiger partial charge in [-0.1, -0.05) is 13.3 Å². The minimum Gasteiger partial charge on any atom is -0.408 e. The van der Waals surface area contributed by atoms with E-state index in [9.17, 15) is 18.0 Å². The topological polar surface area (TPSA) is 105 Å². The number of amides is 1. The first kappa shape index (κ1) is 24.0. The molecule has 3 heterocycles. The fourth-order valence-electron chi connectivity index (χ4n) is 5.08. The molecule has 10 heteroatoms. The Balaban J connectivity index is 1.38. The Morgan fingerprint density at radius 3 is 2.79 bits per heavy atom. The second-order valence-electron chi connectivity index (χ2n) is 9.14. The van der Waals surface area contributed by atoms with Crippen LogP contribution in [0.25, 0.3) is 11.1 Å². The molecule has 2 aromatic rings. The summed E-state index contributed by atoms with van der Waals surface area (Å²) in [6.45, 7) is 5.24. The smallest absolute Gasteiger partial charge is 0.408 e. The molecule has 2 aliphatic heterocycles. The quantitative estimate of drug-likeness (QED) is 0.652. The third-order valence-electron chi connectivity index (χ3n) is 7.08. The van der Waals surface area contributed by atoms with Crippen molar-refractivity contribution in [3.63, 3.8) is 0 Å². The molecular formula is C23H34N4O5S. The van der Waals surface area contributed by atoms with Crippen LogP contribution in [0.5, 0.6) is 0 Å². The van der Waals surface area contributed by atoms with Crippen LogP contribution in [0.15, 0.2) is 32.3 Å². The number of hydrogen-bond donors (Lipinski definition) is 1. The van der Waals surface area contributed by atoms with Gasteiger partial charge in [0.25, 0.3) is 0 Å². The number of oxazole rings is 1. The van der Waals surface area contributed by atoms with Gasteiger partial charge in [0, 0.05) is 45.3 Å². The molecule has 0 spiro atoms. The van der Waals surface area contributed by atoms with E-state index in [2.05, 4.69) is 17.1 Å². The van der Waals surface area contributed by atoms with E-state index in [4.69, 9.17) is 4.42 Å². The molecule has 2 aliphatic rings. The van der Waals surface area contributed by atoms with Gasteiger partial charge in [-0.2, -0.15) is 4.31 Å². The van der Waals surface area contributed by atoms with Gasteiger partial charge in [0.05, 0.1) is 16.3 Å². The van der Waals surface area contributed by atoms with Gasteiger partial charge >= 0.3 is 5.76 Å². The Labute approximate surface area is 194 Å². The summed E-state index contributed by atoms with van der Waals surface area (Å²) < 4.78 is 34.3. The molecule has 9 nitrogen and oxygen atoms in total. The maximum Gasteiger partial charge on any atom is 0.419 e. The number of nitrogens with zero attached hydrogens (tertiary/aromatic N) is 3. The van der Waals surface area contributed by atoms with Gasteiger partial charge in [-0.05, 0) is 50.8 Å². The Morgan fingerprint density at radius 1 is 1.18 bits per heavy atom. The van der Waals surface area contributed by atoms with E-state index in [0.717, 1.165) is 19.5 Å². The Morgan fingerprint density at radius 2 is 2.00 bits per heavy atom.